The molecule has 1 aromatic rings. The number of primary sulfonamides is 1. The van der Waals surface area contributed by atoms with Crippen LogP contribution in [0.2, 0.25) is 0 Å². The fourth-order valence-electron chi connectivity index (χ4n) is 1.62. The molecule has 1 amide bonds. The quantitative estimate of drug-likeness (QED) is 0.538. The molecule has 0 aromatic heterocycles. The highest BCUT2D eigenvalue weighted by atomic mass is 32.2. The van der Waals surface area contributed by atoms with Gasteiger partial charge >= 0.3 is 5.97 Å². The Morgan fingerprint density at radius 2 is 2.09 bits per heavy atom. The Morgan fingerprint density at radius 3 is 2.61 bits per heavy atom. The van der Waals surface area contributed by atoms with Crippen LogP contribution in [0, 0.1) is 0 Å². The average Bonchev–Trinajstić information content (AvgIpc) is 2.50. The molecule has 0 radical (unpaired) electrons. The zero-order valence-corrected chi connectivity index (χ0v) is 13.6. The minimum absolute atomic E-state index is 0.0982. The van der Waals surface area contributed by atoms with E-state index in [1.54, 1.807) is 0 Å². The van der Waals surface area contributed by atoms with E-state index < -0.39 is 28.0 Å². The van der Waals surface area contributed by atoms with Gasteiger partial charge in [-0.25, -0.2) is 18.4 Å². The molecule has 0 aliphatic rings. The van der Waals surface area contributed by atoms with Crippen molar-refractivity contribution in [3.05, 3.63) is 36.4 Å². The third-order valence-corrected chi connectivity index (χ3v) is 3.70. The van der Waals surface area contributed by atoms with E-state index in [1.165, 1.54) is 32.2 Å². The lowest BCUT2D eigenvalue weighted by Gasteiger charge is -2.14. The number of carbonyl (C=O) groups is 2. The lowest BCUT2D eigenvalue weighted by molar-refractivity contribution is -0.128. The summed E-state index contributed by atoms with van der Waals surface area (Å²) in [5.74, 6) is -1.32. The molecule has 126 valence electrons. The van der Waals surface area contributed by atoms with Crippen LogP contribution in [0.1, 0.15) is 17.3 Å². The van der Waals surface area contributed by atoms with Crippen molar-refractivity contribution in [3.8, 4) is 5.75 Å². The normalized spacial score (nSPS) is 12.1. The van der Waals surface area contributed by atoms with Crippen LogP contribution in [0.5, 0.6) is 5.75 Å². The molecule has 9 heteroatoms. The van der Waals surface area contributed by atoms with E-state index in [9.17, 15) is 18.0 Å². The van der Waals surface area contributed by atoms with Gasteiger partial charge in [-0.2, -0.15) is 0 Å². The van der Waals surface area contributed by atoms with Crippen molar-refractivity contribution in [2.45, 2.75) is 17.9 Å². The highest BCUT2D eigenvalue weighted by Gasteiger charge is 2.23. The molecule has 1 atom stereocenters. The highest BCUT2D eigenvalue weighted by molar-refractivity contribution is 7.89. The average molecular weight is 342 g/mol. The standard InChI is InChI=1S/C14H18N2O6S/c1-4-7-16-13(17)9(2)22-14(18)11-8-10(23(15,19)20)5-6-12(11)21-3/h4-6,8-9H,1,7H2,2-3H3,(H,16,17)(H2,15,19,20)/t9-/m1/s1. The molecular formula is C14H18N2O6S. The third kappa shape index (κ3) is 5.08. The lowest BCUT2D eigenvalue weighted by atomic mass is 10.2. The van der Waals surface area contributed by atoms with Gasteiger partial charge < -0.3 is 14.8 Å². The zero-order valence-electron chi connectivity index (χ0n) is 12.7. The van der Waals surface area contributed by atoms with Gasteiger partial charge in [-0.3, -0.25) is 4.79 Å². The van der Waals surface area contributed by atoms with Crippen LogP contribution in [-0.4, -0.2) is 40.1 Å². The van der Waals surface area contributed by atoms with Crippen LogP contribution in [-0.2, 0) is 19.6 Å². The van der Waals surface area contributed by atoms with Gasteiger partial charge in [0.1, 0.15) is 11.3 Å². The van der Waals surface area contributed by atoms with Crippen molar-refractivity contribution < 1.29 is 27.5 Å². The Kier molecular flexibility index (Phi) is 6.28. The topological polar surface area (TPSA) is 125 Å². The number of esters is 1. The molecule has 8 nitrogen and oxygen atoms in total. The van der Waals surface area contributed by atoms with Crippen molar-refractivity contribution in [2.75, 3.05) is 13.7 Å². The number of carbonyl (C=O) groups excluding carboxylic acids is 2. The number of hydrogen-bond donors (Lipinski definition) is 2. The minimum Gasteiger partial charge on any atom is -0.496 e. The fourth-order valence-corrected chi connectivity index (χ4v) is 2.16. The maximum atomic E-state index is 12.2. The number of nitrogens with one attached hydrogen (secondary N) is 1. The molecule has 0 saturated carbocycles. The molecule has 3 N–H and O–H groups in total. The van der Waals surface area contributed by atoms with Crippen molar-refractivity contribution >= 4 is 21.9 Å². The predicted molar refractivity (Wildman–Crippen MR) is 82.5 cm³/mol. The van der Waals surface area contributed by atoms with Gasteiger partial charge in [-0.05, 0) is 25.1 Å². The van der Waals surface area contributed by atoms with Crippen LogP contribution in [0.3, 0.4) is 0 Å². The first-order valence-electron chi connectivity index (χ1n) is 6.51. The number of nitrogens with two attached hydrogens (primary N) is 1. The molecule has 1 rings (SSSR count). The molecule has 0 fully saturated rings. The number of rotatable bonds is 7. The first kappa shape index (κ1) is 18.7. The van der Waals surface area contributed by atoms with Gasteiger partial charge in [0.15, 0.2) is 6.10 Å². The molecule has 0 saturated heterocycles. The van der Waals surface area contributed by atoms with E-state index >= 15 is 0 Å². The summed E-state index contributed by atoms with van der Waals surface area (Å²) < 4.78 is 32.7. The summed E-state index contributed by atoms with van der Waals surface area (Å²) in [6.07, 6.45) is 0.399. The van der Waals surface area contributed by atoms with Gasteiger partial charge in [0.25, 0.3) is 5.91 Å². The smallest absolute Gasteiger partial charge is 0.342 e. The minimum atomic E-state index is -3.99. The van der Waals surface area contributed by atoms with E-state index in [1.807, 2.05) is 0 Å². The highest BCUT2D eigenvalue weighted by Crippen LogP contribution is 2.23. The molecular weight excluding hydrogens is 324 g/mol. The van der Waals surface area contributed by atoms with Crippen molar-refractivity contribution in [1.82, 2.24) is 5.32 Å². The summed E-state index contributed by atoms with van der Waals surface area (Å²) in [7, 11) is -2.69. The molecule has 0 unspecified atom stereocenters. The van der Waals surface area contributed by atoms with Gasteiger partial charge in [0, 0.05) is 6.54 Å². The second-order valence-corrected chi connectivity index (χ2v) is 6.05. The van der Waals surface area contributed by atoms with Crippen LogP contribution in [0.25, 0.3) is 0 Å². The second-order valence-electron chi connectivity index (χ2n) is 4.49. The maximum Gasteiger partial charge on any atom is 0.342 e. The van der Waals surface area contributed by atoms with Crippen molar-refractivity contribution in [3.63, 3.8) is 0 Å². The number of sulfonamides is 1. The first-order valence-corrected chi connectivity index (χ1v) is 8.05. The number of benzene rings is 1. The molecule has 0 aliphatic heterocycles. The summed E-state index contributed by atoms with van der Waals surface area (Å²) in [4.78, 5) is 23.6. The van der Waals surface area contributed by atoms with Gasteiger partial charge in [0.05, 0.1) is 12.0 Å². The third-order valence-electron chi connectivity index (χ3n) is 2.79. The summed E-state index contributed by atoms with van der Waals surface area (Å²) in [5.41, 5.74) is -0.151. The zero-order chi connectivity index (χ0) is 17.6. The van der Waals surface area contributed by atoms with Gasteiger partial charge in [-0.15, -0.1) is 6.58 Å². The van der Waals surface area contributed by atoms with Crippen LogP contribution >= 0.6 is 0 Å². The fraction of sp³-hybridized carbons (Fsp3) is 0.286. The maximum absolute atomic E-state index is 12.2. The van der Waals surface area contributed by atoms with Gasteiger partial charge in [0.2, 0.25) is 10.0 Å². The van der Waals surface area contributed by atoms with Crippen LogP contribution < -0.4 is 15.2 Å². The molecule has 0 bridgehead atoms. The largest absolute Gasteiger partial charge is 0.496 e. The molecule has 0 spiro atoms. The summed E-state index contributed by atoms with van der Waals surface area (Å²) in [5, 5.41) is 7.50. The van der Waals surface area contributed by atoms with Gasteiger partial charge in [-0.1, -0.05) is 6.08 Å². The number of methoxy groups -OCH3 is 1. The number of ether oxygens (including phenoxy) is 2. The number of hydrogen-bond acceptors (Lipinski definition) is 6. The molecule has 23 heavy (non-hydrogen) atoms. The van der Waals surface area contributed by atoms with Crippen LogP contribution in [0.4, 0.5) is 0 Å². The lowest BCUT2D eigenvalue weighted by Crippen LogP contribution is -2.35. The van der Waals surface area contributed by atoms with E-state index in [4.69, 9.17) is 14.6 Å². The van der Waals surface area contributed by atoms with E-state index in [-0.39, 0.29) is 22.8 Å². The van der Waals surface area contributed by atoms with E-state index in [0.717, 1.165) is 6.07 Å². The van der Waals surface area contributed by atoms with Crippen molar-refractivity contribution in [2.24, 2.45) is 5.14 Å². The SMILES string of the molecule is C=CCNC(=O)[C@@H](C)OC(=O)c1cc(S(N)(=O)=O)ccc1OC. The Hall–Kier alpha value is -2.39. The molecule has 0 heterocycles. The summed E-state index contributed by atoms with van der Waals surface area (Å²) in [6.45, 7) is 5.06. The summed E-state index contributed by atoms with van der Waals surface area (Å²) >= 11 is 0. The van der Waals surface area contributed by atoms with E-state index in [0.29, 0.717) is 0 Å². The van der Waals surface area contributed by atoms with Crippen LogP contribution in [0.15, 0.2) is 35.7 Å². The Balaban J connectivity index is 3.02. The Morgan fingerprint density at radius 1 is 1.43 bits per heavy atom. The van der Waals surface area contributed by atoms with E-state index in [2.05, 4.69) is 11.9 Å². The first-order chi connectivity index (χ1) is 10.7. The molecule has 1 aromatic carbocycles. The Bertz CT molecular complexity index is 714. The molecule has 0 aliphatic carbocycles. The monoisotopic (exact) mass is 342 g/mol. The number of amides is 1. The predicted octanol–water partition coefficient (Wildman–Crippen LogP) is 0.190. The summed E-state index contributed by atoms with van der Waals surface area (Å²) in [6, 6.07) is 3.51. The van der Waals surface area contributed by atoms with Crippen molar-refractivity contribution in [1.29, 1.82) is 0 Å². The second kappa shape index (κ2) is 7.75. The Labute approximate surface area is 134 Å².